The maximum absolute atomic E-state index is 11.8. The second-order valence-electron chi connectivity index (χ2n) is 4.05. The molecule has 0 radical (unpaired) electrons. The number of hydrogen-bond donors (Lipinski definition) is 2. The number of hydrogen-bond acceptors (Lipinski definition) is 1. The molecule has 2 N–H and O–H groups in total. The van der Waals surface area contributed by atoms with Crippen LogP contribution in [0.15, 0.2) is 42.5 Å². The number of amides is 2. The molecule has 0 atom stereocenters. The standard InChI is InChI=1S/C14H12Cl2N2O/c1-9-8-12(6-7-13(9)16)18-14(19)17-11-4-2-10(15)3-5-11/h2-8H,1H3,(H2,17,18,19). The second-order valence-corrected chi connectivity index (χ2v) is 4.89. The fraction of sp³-hybridized carbons (Fsp3) is 0.0714. The third-order valence-electron chi connectivity index (χ3n) is 2.52. The zero-order chi connectivity index (χ0) is 13.8. The summed E-state index contributed by atoms with van der Waals surface area (Å²) in [5, 5.41) is 6.74. The van der Waals surface area contributed by atoms with Crippen LogP contribution in [0.1, 0.15) is 5.56 Å². The van der Waals surface area contributed by atoms with E-state index >= 15 is 0 Å². The molecule has 19 heavy (non-hydrogen) atoms. The largest absolute Gasteiger partial charge is 0.323 e. The molecule has 0 aliphatic rings. The number of halogens is 2. The zero-order valence-corrected chi connectivity index (χ0v) is 11.7. The van der Waals surface area contributed by atoms with E-state index < -0.39 is 0 Å². The van der Waals surface area contributed by atoms with Crippen LogP contribution in [0.4, 0.5) is 16.2 Å². The number of urea groups is 1. The van der Waals surface area contributed by atoms with E-state index in [4.69, 9.17) is 23.2 Å². The van der Waals surface area contributed by atoms with Crippen LogP contribution in [0, 0.1) is 6.92 Å². The number of nitrogens with one attached hydrogen (secondary N) is 2. The van der Waals surface area contributed by atoms with Gasteiger partial charge in [-0.2, -0.15) is 0 Å². The summed E-state index contributed by atoms with van der Waals surface area (Å²) < 4.78 is 0. The van der Waals surface area contributed by atoms with E-state index in [0.717, 1.165) is 5.56 Å². The highest BCUT2D eigenvalue weighted by atomic mass is 35.5. The van der Waals surface area contributed by atoms with Crippen LogP contribution in [0.5, 0.6) is 0 Å². The first-order chi connectivity index (χ1) is 9.04. The molecule has 0 aliphatic heterocycles. The number of rotatable bonds is 2. The highest BCUT2D eigenvalue weighted by Crippen LogP contribution is 2.19. The summed E-state index contributed by atoms with van der Waals surface area (Å²) >= 11 is 11.7. The van der Waals surface area contributed by atoms with Crippen molar-refractivity contribution in [1.29, 1.82) is 0 Å². The first kappa shape index (κ1) is 13.7. The van der Waals surface area contributed by atoms with Gasteiger partial charge in [-0.3, -0.25) is 0 Å². The molecule has 2 rings (SSSR count). The summed E-state index contributed by atoms with van der Waals surface area (Å²) in [5.41, 5.74) is 2.27. The lowest BCUT2D eigenvalue weighted by molar-refractivity contribution is 0.262. The molecule has 3 nitrogen and oxygen atoms in total. The van der Waals surface area contributed by atoms with Crippen molar-refractivity contribution < 1.29 is 4.79 Å². The fourth-order valence-electron chi connectivity index (χ4n) is 1.55. The molecule has 0 aromatic heterocycles. The SMILES string of the molecule is Cc1cc(NC(=O)Nc2ccc(Cl)cc2)ccc1Cl. The lowest BCUT2D eigenvalue weighted by Gasteiger charge is -2.08. The highest BCUT2D eigenvalue weighted by Gasteiger charge is 2.04. The Morgan fingerprint density at radius 3 is 2.16 bits per heavy atom. The fourth-order valence-corrected chi connectivity index (χ4v) is 1.79. The van der Waals surface area contributed by atoms with Gasteiger partial charge in [0, 0.05) is 21.4 Å². The van der Waals surface area contributed by atoms with Crippen molar-refractivity contribution in [3.05, 3.63) is 58.1 Å². The molecule has 0 saturated heterocycles. The lowest BCUT2D eigenvalue weighted by Crippen LogP contribution is -2.19. The minimum absolute atomic E-state index is 0.316. The van der Waals surface area contributed by atoms with E-state index in [9.17, 15) is 4.79 Å². The molecule has 0 saturated carbocycles. The van der Waals surface area contributed by atoms with Crippen LogP contribution in [-0.2, 0) is 0 Å². The molecule has 98 valence electrons. The summed E-state index contributed by atoms with van der Waals surface area (Å²) in [6, 6.07) is 11.9. The van der Waals surface area contributed by atoms with Gasteiger partial charge in [0.2, 0.25) is 0 Å². The van der Waals surface area contributed by atoms with Gasteiger partial charge in [0.1, 0.15) is 0 Å². The molecule has 2 aromatic carbocycles. The zero-order valence-electron chi connectivity index (χ0n) is 10.2. The van der Waals surface area contributed by atoms with Gasteiger partial charge >= 0.3 is 6.03 Å². The molecule has 0 fully saturated rings. The molecule has 2 amide bonds. The minimum atomic E-state index is -0.316. The monoisotopic (exact) mass is 294 g/mol. The summed E-state index contributed by atoms with van der Waals surface area (Å²) in [6.45, 7) is 1.88. The maximum atomic E-state index is 11.8. The van der Waals surface area contributed by atoms with Gasteiger partial charge in [0.05, 0.1) is 0 Å². The van der Waals surface area contributed by atoms with Crippen molar-refractivity contribution in [3.8, 4) is 0 Å². The molecular formula is C14H12Cl2N2O. The average Bonchev–Trinajstić information content (AvgIpc) is 2.37. The van der Waals surface area contributed by atoms with E-state index in [-0.39, 0.29) is 6.03 Å². The minimum Gasteiger partial charge on any atom is -0.308 e. The molecule has 5 heteroatoms. The molecule has 0 bridgehead atoms. The van der Waals surface area contributed by atoms with Gasteiger partial charge < -0.3 is 10.6 Å². The summed E-state index contributed by atoms with van der Waals surface area (Å²) in [4.78, 5) is 11.8. The van der Waals surface area contributed by atoms with Crippen LogP contribution in [0.25, 0.3) is 0 Å². The summed E-state index contributed by atoms with van der Waals surface area (Å²) in [6.07, 6.45) is 0. The number of carbonyl (C=O) groups is 1. The number of benzene rings is 2. The van der Waals surface area contributed by atoms with Crippen molar-refractivity contribution >= 4 is 40.6 Å². The van der Waals surface area contributed by atoms with Gasteiger partial charge in [-0.15, -0.1) is 0 Å². The smallest absolute Gasteiger partial charge is 0.308 e. The quantitative estimate of drug-likeness (QED) is 0.809. The van der Waals surface area contributed by atoms with Crippen LogP contribution in [0.3, 0.4) is 0 Å². The van der Waals surface area contributed by atoms with Crippen molar-refractivity contribution in [3.63, 3.8) is 0 Å². The van der Waals surface area contributed by atoms with Gasteiger partial charge in [-0.1, -0.05) is 23.2 Å². The third kappa shape index (κ3) is 3.88. The van der Waals surface area contributed by atoms with Crippen LogP contribution < -0.4 is 10.6 Å². The van der Waals surface area contributed by atoms with Crippen LogP contribution in [0.2, 0.25) is 10.0 Å². The Labute approximate surface area is 121 Å². The van der Waals surface area contributed by atoms with Gasteiger partial charge in [0.15, 0.2) is 0 Å². The number of aryl methyl sites for hydroxylation is 1. The summed E-state index contributed by atoms with van der Waals surface area (Å²) in [5.74, 6) is 0. The molecule has 0 spiro atoms. The van der Waals surface area contributed by atoms with Gasteiger partial charge in [-0.25, -0.2) is 4.79 Å². The molecular weight excluding hydrogens is 283 g/mol. The topological polar surface area (TPSA) is 41.1 Å². The van der Waals surface area contributed by atoms with E-state index in [1.54, 1.807) is 36.4 Å². The van der Waals surface area contributed by atoms with Crippen LogP contribution in [-0.4, -0.2) is 6.03 Å². The Hall–Kier alpha value is -1.71. The first-order valence-electron chi connectivity index (χ1n) is 5.64. The molecule has 0 aliphatic carbocycles. The predicted molar refractivity (Wildman–Crippen MR) is 80.3 cm³/mol. The number of carbonyl (C=O) groups excluding carboxylic acids is 1. The van der Waals surface area contributed by atoms with E-state index in [1.165, 1.54) is 0 Å². The van der Waals surface area contributed by atoms with Crippen molar-refractivity contribution in [2.45, 2.75) is 6.92 Å². The van der Waals surface area contributed by atoms with E-state index in [1.807, 2.05) is 13.0 Å². The van der Waals surface area contributed by atoms with Crippen LogP contribution >= 0.6 is 23.2 Å². The lowest BCUT2D eigenvalue weighted by atomic mass is 10.2. The molecule has 0 heterocycles. The van der Waals surface area contributed by atoms with Crippen molar-refractivity contribution in [2.24, 2.45) is 0 Å². The average molecular weight is 295 g/mol. The third-order valence-corrected chi connectivity index (χ3v) is 3.19. The van der Waals surface area contributed by atoms with Crippen molar-refractivity contribution in [2.75, 3.05) is 10.6 Å². The molecule has 0 unspecified atom stereocenters. The van der Waals surface area contributed by atoms with Crippen molar-refractivity contribution in [1.82, 2.24) is 0 Å². The maximum Gasteiger partial charge on any atom is 0.323 e. The van der Waals surface area contributed by atoms with E-state index in [2.05, 4.69) is 10.6 Å². The summed E-state index contributed by atoms with van der Waals surface area (Å²) in [7, 11) is 0. The first-order valence-corrected chi connectivity index (χ1v) is 6.40. The Morgan fingerprint density at radius 2 is 1.53 bits per heavy atom. The Morgan fingerprint density at radius 1 is 0.947 bits per heavy atom. The normalized spacial score (nSPS) is 10.1. The Balaban J connectivity index is 2.01. The van der Waals surface area contributed by atoms with Gasteiger partial charge in [0.25, 0.3) is 0 Å². The molecule has 2 aromatic rings. The predicted octanol–water partition coefficient (Wildman–Crippen LogP) is 4.95. The Bertz CT molecular complexity index is 597. The van der Waals surface area contributed by atoms with E-state index in [0.29, 0.717) is 21.4 Å². The highest BCUT2D eigenvalue weighted by molar-refractivity contribution is 6.31. The van der Waals surface area contributed by atoms with Gasteiger partial charge in [-0.05, 0) is 55.0 Å². The number of anilines is 2. The Kier molecular flexibility index (Phi) is 4.30. The second kappa shape index (κ2) is 5.95.